The second-order valence-electron chi connectivity index (χ2n) is 4.58. The van der Waals surface area contributed by atoms with Crippen molar-refractivity contribution in [2.24, 2.45) is 5.73 Å². The van der Waals surface area contributed by atoms with Crippen LogP contribution >= 0.6 is 0 Å². The molecule has 0 saturated heterocycles. The minimum Gasteiger partial charge on any atom is -0.394 e. The molecule has 0 aliphatic heterocycles. The Morgan fingerprint density at radius 3 is 2.61 bits per heavy atom. The van der Waals surface area contributed by atoms with E-state index >= 15 is 0 Å². The van der Waals surface area contributed by atoms with Crippen LogP contribution in [0.4, 0.5) is 0 Å². The lowest BCUT2D eigenvalue weighted by molar-refractivity contribution is -0.122. The van der Waals surface area contributed by atoms with Crippen molar-refractivity contribution in [1.29, 1.82) is 0 Å². The smallest absolute Gasteiger partial charge is 0.220 e. The zero-order valence-electron chi connectivity index (χ0n) is 10.8. The van der Waals surface area contributed by atoms with Crippen LogP contribution in [0.1, 0.15) is 37.8 Å². The molecular formula is C14H22N2O2. The van der Waals surface area contributed by atoms with Crippen LogP contribution in [0.5, 0.6) is 0 Å². The van der Waals surface area contributed by atoms with Crippen LogP contribution < -0.4 is 11.1 Å². The minimum atomic E-state index is -0.325. The van der Waals surface area contributed by atoms with Gasteiger partial charge in [0.15, 0.2) is 0 Å². The van der Waals surface area contributed by atoms with Crippen LogP contribution in [0.2, 0.25) is 0 Å². The molecule has 2 atom stereocenters. The molecule has 4 nitrogen and oxygen atoms in total. The molecular weight excluding hydrogens is 228 g/mol. The summed E-state index contributed by atoms with van der Waals surface area (Å²) >= 11 is 0. The monoisotopic (exact) mass is 250 g/mol. The van der Waals surface area contributed by atoms with E-state index < -0.39 is 0 Å². The van der Waals surface area contributed by atoms with E-state index in [9.17, 15) is 9.90 Å². The highest BCUT2D eigenvalue weighted by molar-refractivity contribution is 5.76. The van der Waals surface area contributed by atoms with Gasteiger partial charge in [0, 0.05) is 12.5 Å². The Morgan fingerprint density at radius 2 is 2.06 bits per heavy atom. The van der Waals surface area contributed by atoms with Crippen LogP contribution in [-0.4, -0.2) is 23.7 Å². The van der Waals surface area contributed by atoms with Crippen LogP contribution in [0.15, 0.2) is 30.3 Å². The van der Waals surface area contributed by atoms with Crippen molar-refractivity contribution in [2.45, 2.75) is 38.3 Å². The van der Waals surface area contributed by atoms with Gasteiger partial charge < -0.3 is 16.2 Å². The quantitative estimate of drug-likeness (QED) is 0.684. The van der Waals surface area contributed by atoms with E-state index in [1.807, 2.05) is 37.3 Å². The first-order valence-electron chi connectivity index (χ1n) is 6.34. The largest absolute Gasteiger partial charge is 0.394 e. The van der Waals surface area contributed by atoms with E-state index in [2.05, 4.69) is 5.32 Å². The van der Waals surface area contributed by atoms with Crippen LogP contribution in [0, 0.1) is 0 Å². The molecule has 0 aliphatic rings. The first kappa shape index (κ1) is 14.7. The molecule has 0 aliphatic carbocycles. The Labute approximate surface area is 108 Å². The summed E-state index contributed by atoms with van der Waals surface area (Å²) in [5.41, 5.74) is 6.54. The third kappa shape index (κ3) is 5.29. The molecule has 4 heteroatoms. The summed E-state index contributed by atoms with van der Waals surface area (Å²) in [6.07, 6.45) is 2.06. The number of rotatable bonds is 7. The molecule has 1 rings (SSSR count). The first-order chi connectivity index (χ1) is 8.63. The Kier molecular flexibility index (Phi) is 6.39. The van der Waals surface area contributed by atoms with E-state index in [-0.39, 0.29) is 24.6 Å². The summed E-state index contributed by atoms with van der Waals surface area (Å²) in [6, 6.07) is 9.27. The molecule has 1 aromatic carbocycles. The lowest BCUT2D eigenvalue weighted by Crippen LogP contribution is -2.30. The van der Waals surface area contributed by atoms with Crippen molar-refractivity contribution in [3.63, 3.8) is 0 Å². The lowest BCUT2D eigenvalue weighted by atomic mass is 10.1. The Balaban J connectivity index is 2.41. The van der Waals surface area contributed by atoms with E-state index in [1.165, 1.54) is 0 Å². The molecule has 100 valence electrons. The predicted molar refractivity (Wildman–Crippen MR) is 71.9 cm³/mol. The minimum absolute atomic E-state index is 0.0430. The summed E-state index contributed by atoms with van der Waals surface area (Å²) in [6.45, 7) is 1.83. The zero-order chi connectivity index (χ0) is 13.4. The van der Waals surface area contributed by atoms with Gasteiger partial charge >= 0.3 is 0 Å². The normalized spacial score (nSPS) is 13.9. The van der Waals surface area contributed by atoms with E-state index in [0.717, 1.165) is 18.4 Å². The lowest BCUT2D eigenvalue weighted by Gasteiger charge is -2.16. The van der Waals surface area contributed by atoms with Gasteiger partial charge in [0.2, 0.25) is 5.91 Å². The van der Waals surface area contributed by atoms with Crippen LogP contribution in [-0.2, 0) is 4.79 Å². The average molecular weight is 250 g/mol. The van der Waals surface area contributed by atoms with E-state index in [4.69, 9.17) is 5.73 Å². The second-order valence-corrected chi connectivity index (χ2v) is 4.58. The fourth-order valence-corrected chi connectivity index (χ4v) is 1.77. The highest BCUT2D eigenvalue weighted by Gasteiger charge is 2.12. The third-order valence-corrected chi connectivity index (χ3v) is 2.78. The zero-order valence-corrected chi connectivity index (χ0v) is 10.8. The van der Waals surface area contributed by atoms with Gasteiger partial charge in [-0.3, -0.25) is 4.79 Å². The molecule has 0 radical (unpaired) electrons. The Hall–Kier alpha value is -1.39. The summed E-state index contributed by atoms with van der Waals surface area (Å²) in [5, 5.41) is 12.1. The maximum atomic E-state index is 11.7. The number of nitrogens with one attached hydrogen (secondary N) is 1. The van der Waals surface area contributed by atoms with Gasteiger partial charge in [0.25, 0.3) is 0 Å². The fourth-order valence-electron chi connectivity index (χ4n) is 1.77. The molecule has 0 bridgehead atoms. The molecule has 0 fully saturated rings. The van der Waals surface area contributed by atoms with Gasteiger partial charge in [-0.2, -0.15) is 0 Å². The topological polar surface area (TPSA) is 75.4 Å². The average Bonchev–Trinajstić information content (AvgIpc) is 2.36. The van der Waals surface area contributed by atoms with E-state index in [0.29, 0.717) is 6.42 Å². The van der Waals surface area contributed by atoms with Crippen molar-refractivity contribution < 1.29 is 9.90 Å². The summed E-state index contributed by atoms with van der Waals surface area (Å²) in [7, 11) is 0. The van der Waals surface area contributed by atoms with Crippen LogP contribution in [0.3, 0.4) is 0 Å². The molecule has 0 aromatic heterocycles. The SMILES string of the molecule is CC(N)CCCC(=O)N[C@@H](CO)c1ccccc1. The van der Waals surface area contributed by atoms with Crippen molar-refractivity contribution in [3.05, 3.63) is 35.9 Å². The van der Waals surface area contributed by atoms with Gasteiger partial charge in [0.1, 0.15) is 0 Å². The van der Waals surface area contributed by atoms with Gasteiger partial charge in [-0.1, -0.05) is 30.3 Å². The standard InChI is InChI=1S/C14H22N2O2/c1-11(15)6-5-9-14(18)16-13(10-17)12-7-3-2-4-8-12/h2-4,7-8,11,13,17H,5-6,9-10,15H2,1H3,(H,16,18)/t11?,13-/m0/s1. The molecule has 18 heavy (non-hydrogen) atoms. The Morgan fingerprint density at radius 1 is 1.39 bits per heavy atom. The summed E-state index contributed by atoms with van der Waals surface area (Å²) < 4.78 is 0. The highest BCUT2D eigenvalue weighted by atomic mass is 16.3. The number of aliphatic hydroxyl groups is 1. The van der Waals surface area contributed by atoms with E-state index in [1.54, 1.807) is 0 Å². The van der Waals surface area contributed by atoms with Crippen molar-refractivity contribution in [1.82, 2.24) is 5.32 Å². The predicted octanol–water partition coefficient (Wildman–Crippen LogP) is 1.35. The molecule has 1 amide bonds. The number of aliphatic hydroxyl groups excluding tert-OH is 1. The summed E-state index contributed by atoms with van der Waals surface area (Å²) in [5.74, 6) is -0.0430. The van der Waals surface area contributed by atoms with Gasteiger partial charge in [-0.15, -0.1) is 0 Å². The van der Waals surface area contributed by atoms with Gasteiger partial charge in [0.05, 0.1) is 12.6 Å². The molecule has 0 spiro atoms. The number of nitrogens with two attached hydrogens (primary N) is 1. The summed E-state index contributed by atoms with van der Waals surface area (Å²) in [4.78, 5) is 11.7. The maximum absolute atomic E-state index is 11.7. The molecule has 1 aromatic rings. The molecule has 0 saturated carbocycles. The number of benzene rings is 1. The molecule has 4 N–H and O–H groups in total. The molecule has 1 unspecified atom stereocenters. The molecule has 0 heterocycles. The van der Waals surface area contributed by atoms with Gasteiger partial charge in [-0.25, -0.2) is 0 Å². The third-order valence-electron chi connectivity index (χ3n) is 2.78. The van der Waals surface area contributed by atoms with Crippen molar-refractivity contribution in [3.8, 4) is 0 Å². The van der Waals surface area contributed by atoms with Crippen molar-refractivity contribution >= 4 is 5.91 Å². The van der Waals surface area contributed by atoms with Crippen LogP contribution in [0.25, 0.3) is 0 Å². The first-order valence-corrected chi connectivity index (χ1v) is 6.34. The van der Waals surface area contributed by atoms with Crippen molar-refractivity contribution in [2.75, 3.05) is 6.61 Å². The maximum Gasteiger partial charge on any atom is 0.220 e. The number of carbonyl (C=O) groups is 1. The fraction of sp³-hybridized carbons (Fsp3) is 0.500. The second kappa shape index (κ2) is 7.84. The number of amides is 1. The highest BCUT2D eigenvalue weighted by Crippen LogP contribution is 2.12. The number of carbonyl (C=O) groups excluding carboxylic acids is 1. The number of hydrogen-bond donors (Lipinski definition) is 3. The number of hydrogen-bond acceptors (Lipinski definition) is 3. The Bertz CT molecular complexity index is 352. The van der Waals surface area contributed by atoms with Gasteiger partial charge in [-0.05, 0) is 25.3 Å².